The molecule has 0 radical (unpaired) electrons. The fraction of sp³-hybridized carbons (Fsp3) is 0.400. The predicted octanol–water partition coefficient (Wildman–Crippen LogP) is 2.12. The van der Waals surface area contributed by atoms with Crippen LogP contribution >= 0.6 is 0 Å². The largest absolute Gasteiger partial charge is 0.469 e. The van der Waals surface area contributed by atoms with Crippen molar-refractivity contribution in [3.8, 4) is 11.5 Å². The third-order valence-corrected chi connectivity index (χ3v) is 3.16. The van der Waals surface area contributed by atoms with Crippen LogP contribution in [0.2, 0.25) is 0 Å². The van der Waals surface area contributed by atoms with E-state index in [9.17, 15) is 4.79 Å². The van der Waals surface area contributed by atoms with Crippen molar-refractivity contribution in [1.82, 2.24) is 15.0 Å². The first-order valence-electron chi connectivity index (χ1n) is 6.90. The Hall–Kier alpha value is -2.21. The van der Waals surface area contributed by atoms with Gasteiger partial charge in [0.05, 0.1) is 20.1 Å². The van der Waals surface area contributed by atoms with Gasteiger partial charge in [-0.05, 0) is 18.7 Å². The molecule has 21 heavy (non-hydrogen) atoms. The van der Waals surface area contributed by atoms with Gasteiger partial charge in [-0.1, -0.05) is 30.3 Å². The molecule has 0 atom stereocenters. The van der Waals surface area contributed by atoms with E-state index >= 15 is 0 Å². The molecule has 2 aromatic rings. The van der Waals surface area contributed by atoms with Gasteiger partial charge in [-0.2, -0.15) is 4.98 Å². The second-order valence-corrected chi connectivity index (χ2v) is 4.58. The Labute approximate surface area is 123 Å². The van der Waals surface area contributed by atoms with Crippen molar-refractivity contribution in [2.75, 3.05) is 20.2 Å². The molecule has 1 aromatic carbocycles. The van der Waals surface area contributed by atoms with Crippen LogP contribution in [0, 0.1) is 0 Å². The van der Waals surface area contributed by atoms with Gasteiger partial charge in [-0.3, -0.25) is 9.69 Å². The maximum Gasteiger partial charge on any atom is 0.306 e. The van der Waals surface area contributed by atoms with E-state index in [2.05, 4.69) is 19.8 Å². The van der Waals surface area contributed by atoms with Gasteiger partial charge in [-0.25, -0.2) is 0 Å². The van der Waals surface area contributed by atoms with E-state index in [0.717, 1.165) is 12.1 Å². The van der Waals surface area contributed by atoms with Gasteiger partial charge in [-0.15, -0.1) is 0 Å². The van der Waals surface area contributed by atoms with Crippen LogP contribution < -0.4 is 0 Å². The second-order valence-electron chi connectivity index (χ2n) is 4.58. The molecule has 0 aliphatic rings. The van der Waals surface area contributed by atoms with Gasteiger partial charge >= 0.3 is 5.97 Å². The van der Waals surface area contributed by atoms with Crippen molar-refractivity contribution in [2.24, 2.45) is 0 Å². The molecule has 2 rings (SSSR count). The predicted molar refractivity (Wildman–Crippen MR) is 77.3 cm³/mol. The summed E-state index contributed by atoms with van der Waals surface area (Å²) in [6, 6.07) is 9.63. The number of carbonyl (C=O) groups excluding carboxylic acids is 1. The molecule has 6 nitrogen and oxygen atoms in total. The van der Waals surface area contributed by atoms with Gasteiger partial charge in [0, 0.05) is 12.1 Å². The van der Waals surface area contributed by atoms with Crippen molar-refractivity contribution in [1.29, 1.82) is 0 Å². The summed E-state index contributed by atoms with van der Waals surface area (Å²) in [5.74, 6) is 0.904. The number of carbonyl (C=O) groups is 1. The molecule has 0 fully saturated rings. The lowest BCUT2D eigenvalue weighted by molar-refractivity contribution is -0.141. The molecule has 0 amide bonds. The fourth-order valence-corrected chi connectivity index (χ4v) is 1.92. The molecule has 0 N–H and O–H groups in total. The molecule has 112 valence electrons. The molecule has 0 unspecified atom stereocenters. The number of hydrogen-bond acceptors (Lipinski definition) is 6. The van der Waals surface area contributed by atoms with Gasteiger partial charge in [0.2, 0.25) is 0 Å². The zero-order chi connectivity index (χ0) is 15.1. The zero-order valence-corrected chi connectivity index (χ0v) is 12.3. The summed E-state index contributed by atoms with van der Waals surface area (Å²) < 4.78 is 9.91. The minimum absolute atomic E-state index is 0.216. The van der Waals surface area contributed by atoms with Crippen LogP contribution in [0.5, 0.6) is 0 Å². The molecule has 6 heteroatoms. The Morgan fingerprint density at radius 3 is 2.76 bits per heavy atom. The molecule has 0 bridgehead atoms. The van der Waals surface area contributed by atoms with Gasteiger partial charge in [0.25, 0.3) is 5.89 Å². The van der Waals surface area contributed by atoms with Crippen LogP contribution in [0.15, 0.2) is 34.9 Å². The van der Waals surface area contributed by atoms with Crippen molar-refractivity contribution in [2.45, 2.75) is 19.9 Å². The van der Waals surface area contributed by atoms with Gasteiger partial charge < -0.3 is 9.26 Å². The molecule has 0 aliphatic carbocycles. The highest BCUT2D eigenvalue weighted by Crippen LogP contribution is 2.16. The minimum atomic E-state index is -0.216. The van der Waals surface area contributed by atoms with E-state index in [1.807, 2.05) is 37.3 Å². The van der Waals surface area contributed by atoms with E-state index in [0.29, 0.717) is 31.2 Å². The smallest absolute Gasteiger partial charge is 0.306 e. The topological polar surface area (TPSA) is 68.5 Å². The van der Waals surface area contributed by atoms with Crippen LogP contribution in [0.3, 0.4) is 0 Å². The van der Waals surface area contributed by atoms with Crippen molar-refractivity contribution >= 4 is 5.97 Å². The Morgan fingerprint density at radius 2 is 2.10 bits per heavy atom. The summed E-state index contributed by atoms with van der Waals surface area (Å²) >= 11 is 0. The van der Waals surface area contributed by atoms with Crippen molar-refractivity contribution < 1.29 is 14.1 Å². The fourth-order valence-electron chi connectivity index (χ4n) is 1.92. The summed E-state index contributed by atoms with van der Waals surface area (Å²) in [4.78, 5) is 17.6. The monoisotopic (exact) mass is 289 g/mol. The molecular weight excluding hydrogens is 270 g/mol. The number of ether oxygens (including phenoxy) is 1. The van der Waals surface area contributed by atoms with Gasteiger partial charge in [0.1, 0.15) is 0 Å². The highest BCUT2D eigenvalue weighted by molar-refractivity contribution is 5.69. The lowest BCUT2D eigenvalue weighted by Crippen LogP contribution is -2.26. The number of nitrogens with zero attached hydrogens (tertiary/aromatic N) is 3. The molecular formula is C15H19N3O3. The lowest BCUT2D eigenvalue weighted by atomic mass is 10.2. The quantitative estimate of drug-likeness (QED) is 0.727. The van der Waals surface area contributed by atoms with E-state index in [-0.39, 0.29) is 5.97 Å². The Kier molecular flexibility index (Phi) is 5.45. The maximum atomic E-state index is 11.2. The van der Waals surface area contributed by atoms with E-state index < -0.39 is 0 Å². The lowest BCUT2D eigenvalue weighted by Gasteiger charge is -2.17. The summed E-state index contributed by atoms with van der Waals surface area (Å²) in [6.07, 6.45) is 0.355. The number of esters is 1. The maximum absolute atomic E-state index is 11.2. The van der Waals surface area contributed by atoms with Crippen LogP contribution in [0.4, 0.5) is 0 Å². The minimum Gasteiger partial charge on any atom is -0.469 e. The molecule has 0 aliphatic heterocycles. The second kappa shape index (κ2) is 7.54. The standard InChI is InChI=1S/C15H19N3O3/c1-3-18(10-9-14(19)20-2)11-13-16-15(21-17-13)12-7-5-4-6-8-12/h4-8H,3,9-11H2,1-2H3. The van der Waals surface area contributed by atoms with Crippen molar-refractivity contribution in [3.05, 3.63) is 36.2 Å². The molecule has 0 saturated heterocycles. The number of hydrogen-bond donors (Lipinski definition) is 0. The van der Waals surface area contributed by atoms with E-state index in [1.165, 1.54) is 7.11 Å². The first-order chi connectivity index (χ1) is 10.2. The van der Waals surface area contributed by atoms with Crippen LogP contribution in [-0.4, -0.2) is 41.2 Å². The molecule has 0 saturated carbocycles. The van der Waals surface area contributed by atoms with E-state index in [4.69, 9.17) is 4.52 Å². The molecule has 0 spiro atoms. The summed E-state index contributed by atoms with van der Waals surface area (Å²) in [5, 5.41) is 3.98. The molecule has 1 aromatic heterocycles. The highest BCUT2D eigenvalue weighted by atomic mass is 16.5. The molecule has 1 heterocycles. The average molecular weight is 289 g/mol. The Morgan fingerprint density at radius 1 is 1.33 bits per heavy atom. The summed E-state index contributed by atoms with van der Waals surface area (Å²) in [5.41, 5.74) is 0.897. The van der Waals surface area contributed by atoms with Crippen LogP contribution in [0.1, 0.15) is 19.2 Å². The Balaban J connectivity index is 1.96. The zero-order valence-electron chi connectivity index (χ0n) is 12.3. The van der Waals surface area contributed by atoms with Crippen LogP contribution in [-0.2, 0) is 16.1 Å². The average Bonchev–Trinajstić information content (AvgIpc) is 3.00. The van der Waals surface area contributed by atoms with E-state index in [1.54, 1.807) is 0 Å². The Bertz CT molecular complexity index is 569. The number of methoxy groups -OCH3 is 1. The normalized spacial score (nSPS) is 10.8. The third-order valence-electron chi connectivity index (χ3n) is 3.16. The highest BCUT2D eigenvalue weighted by Gasteiger charge is 2.13. The third kappa shape index (κ3) is 4.39. The summed E-state index contributed by atoms with van der Waals surface area (Å²) in [7, 11) is 1.39. The first kappa shape index (κ1) is 15.2. The number of aromatic nitrogens is 2. The van der Waals surface area contributed by atoms with Gasteiger partial charge in [0.15, 0.2) is 5.82 Å². The SMILES string of the molecule is CCN(CCC(=O)OC)Cc1noc(-c2ccccc2)n1. The summed E-state index contributed by atoms with van der Waals surface area (Å²) in [6.45, 7) is 3.98. The number of rotatable bonds is 7. The van der Waals surface area contributed by atoms with Crippen molar-refractivity contribution in [3.63, 3.8) is 0 Å². The number of benzene rings is 1. The first-order valence-corrected chi connectivity index (χ1v) is 6.90. The van der Waals surface area contributed by atoms with Crippen LogP contribution in [0.25, 0.3) is 11.5 Å².